The molecule has 2 bridgehead atoms. The van der Waals surface area contributed by atoms with Crippen molar-refractivity contribution < 1.29 is 66.9 Å². The van der Waals surface area contributed by atoms with Crippen molar-refractivity contribution in [3.63, 3.8) is 0 Å². The number of aliphatic hydroxyl groups excluding tert-OH is 1. The predicted octanol–water partition coefficient (Wildman–Crippen LogP) is 6.82. The summed E-state index contributed by atoms with van der Waals surface area (Å²) in [7, 11) is 0.437. The van der Waals surface area contributed by atoms with Crippen molar-refractivity contribution in [3.05, 3.63) is 99.3 Å². The number of nitrogens with zero attached hydrogens (tertiary/aromatic N) is 8. The summed E-state index contributed by atoms with van der Waals surface area (Å²) in [6.07, 6.45) is 9.37. The van der Waals surface area contributed by atoms with Gasteiger partial charge in [-0.25, -0.2) is 9.97 Å². The lowest BCUT2D eigenvalue weighted by Gasteiger charge is -2.62. The van der Waals surface area contributed by atoms with Gasteiger partial charge in [0, 0.05) is 125 Å². The Bertz CT molecular complexity index is 3330. The number of carbonyl (C=O) groups is 2. The number of fused-ring (bicyclic) bond motifs is 6. The molecule has 27 heteroatoms. The second-order valence-electron chi connectivity index (χ2n) is 27.7. The predicted molar refractivity (Wildman–Crippen MR) is 363 cm³/mol. The summed E-state index contributed by atoms with van der Waals surface area (Å²) in [5.74, 6) is -0.718. The van der Waals surface area contributed by atoms with Crippen LogP contribution in [0.1, 0.15) is 73.9 Å². The molecule has 2 aromatic carbocycles. The highest BCUT2D eigenvalue weighted by molar-refractivity contribution is 8.00. The normalized spacial score (nSPS) is 28.0. The largest absolute Gasteiger partial charge is 0.496 e. The molecule has 0 unspecified atom stereocenters. The van der Waals surface area contributed by atoms with Gasteiger partial charge in [0.1, 0.15) is 17.3 Å². The number of hydrogen-bond acceptors (Lipinski definition) is 21. The van der Waals surface area contributed by atoms with E-state index in [1.165, 1.54) is 7.11 Å². The van der Waals surface area contributed by atoms with Crippen LogP contribution in [0.25, 0.3) is 21.3 Å². The van der Waals surface area contributed by atoms with Crippen LogP contribution in [0.2, 0.25) is 32.2 Å². The molecule has 10 atom stereocenters. The Labute approximate surface area is 559 Å². The fraction of sp³-hybridized carbons (Fsp3) is 0.672. The van der Waals surface area contributed by atoms with E-state index in [2.05, 4.69) is 84.5 Å². The number of aromatic amines is 1. The van der Waals surface area contributed by atoms with Crippen LogP contribution >= 0.6 is 11.8 Å². The van der Waals surface area contributed by atoms with E-state index in [-0.39, 0.29) is 18.5 Å². The molecular weight excluding hydrogens is 1260 g/mol. The molecule has 2 aromatic heterocycles. The average Bonchev–Trinajstić information content (AvgIpc) is 1.46. The van der Waals surface area contributed by atoms with E-state index < -0.39 is 68.1 Å². The van der Waals surface area contributed by atoms with Crippen LogP contribution in [0.5, 0.6) is 5.75 Å². The van der Waals surface area contributed by atoms with Gasteiger partial charge in [0.05, 0.1) is 105 Å². The molecule has 516 valence electrons. The van der Waals surface area contributed by atoms with Crippen molar-refractivity contribution in [2.45, 2.75) is 137 Å². The van der Waals surface area contributed by atoms with E-state index in [9.17, 15) is 15.3 Å². The van der Waals surface area contributed by atoms with Gasteiger partial charge in [-0.05, 0) is 112 Å². The number of esters is 1. The highest BCUT2D eigenvalue weighted by atomic mass is 32.2. The third-order valence-electron chi connectivity index (χ3n) is 20.4. The molecule has 1 amide bonds. The number of likely N-dealkylation sites (N-methyl/N-ethyl adjacent to an activating group) is 1. The van der Waals surface area contributed by atoms with Crippen molar-refractivity contribution in [1.82, 2.24) is 30.1 Å². The molecule has 4 aromatic rings. The number of aromatic nitrogens is 3. The number of H-pyrrole nitrogens is 1. The summed E-state index contributed by atoms with van der Waals surface area (Å²) in [6, 6.07) is 11.8. The maximum atomic E-state index is 15.6. The van der Waals surface area contributed by atoms with Crippen LogP contribution in [-0.2, 0) is 70.7 Å². The Hall–Kier alpha value is -5.05. The van der Waals surface area contributed by atoms with Crippen molar-refractivity contribution in [3.8, 4) is 5.75 Å². The maximum Gasteiger partial charge on any atom is 0.322 e. The third kappa shape index (κ3) is 14.9. The van der Waals surface area contributed by atoms with Crippen LogP contribution in [0.15, 0.2) is 71.2 Å². The van der Waals surface area contributed by atoms with Gasteiger partial charge in [0.25, 0.3) is 5.91 Å². The Morgan fingerprint density at radius 1 is 0.883 bits per heavy atom. The van der Waals surface area contributed by atoms with Crippen molar-refractivity contribution in [2.24, 2.45) is 16.4 Å². The van der Waals surface area contributed by atoms with Gasteiger partial charge in [-0.1, -0.05) is 61.1 Å². The second-order valence-corrected chi connectivity index (χ2v) is 37.9. The van der Waals surface area contributed by atoms with Crippen molar-refractivity contribution in [2.75, 3.05) is 150 Å². The number of hydrogen-bond donors (Lipinski definition) is 5. The van der Waals surface area contributed by atoms with Gasteiger partial charge in [0.15, 0.2) is 27.4 Å². The molecular formula is C67H100N10O14SSi2. The summed E-state index contributed by atoms with van der Waals surface area (Å²) in [6.45, 7) is 21.9. The fourth-order valence-electron chi connectivity index (χ4n) is 16.6. The number of anilines is 1. The molecule has 0 radical (unpaired) electrons. The first-order valence-electron chi connectivity index (χ1n) is 33.4. The van der Waals surface area contributed by atoms with Crippen LogP contribution in [0.4, 0.5) is 5.69 Å². The fourth-order valence-corrected chi connectivity index (χ4v) is 27.0. The summed E-state index contributed by atoms with van der Waals surface area (Å²) >= 11 is 1.59. The van der Waals surface area contributed by atoms with Gasteiger partial charge in [-0.2, -0.15) is 0 Å². The lowest BCUT2D eigenvalue weighted by Crippen LogP contribution is -2.81. The van der Waals surface area contributed by atoms with E-state index in [1.54, 1.807) is 31.3 Å². The molecule has 6 aliphatic rings. The number of methoxy groups -OCH3 is 2. The summed E-state index contributed by atoms with van der Waals surface area (Å²) in [5.41, 5.74) is 7.39. The number of benzene rings is 2. The Kier molecular flexibility index (Phi) is 23.5. The molecule has 1 saturated carbocycles. The number of carbonyl (C=O) groups excluding carboxylic acids is 2. The Morgan fingerprint density at radius 3 is 2.21 bits per heavy atom. The number of thioether (sulfide) groups is 1. The van der Waals surface area contributed by atoms with Crippen LogP contribution < -0.4 is 15.0 Å². The number of nitrogens with one attached hydrogen (secondary N) is 2. The van der Waals surface area contributed by atoms with E-state index in [1.807, 2.05) is 56.1 Å². The highest BCUT2D eigenvalue weighted by Gasteiger charge is 2.78. The van der Waals surface area contributed by atoms with E-state index >= 15 is 9.59 Å². The van der Waals surface area contributed by atoms with Crippen molar-refractivity contribution >= 4 is 56.9 Å². The van der Waals surface area contributed by atoms with Crippen LogP contribution in [0, 0.1) is 11.3 Å². The third-order valence-corrected chi connectivity index (χ3v) is 30.2. The Morgan fingerprint density at radius 2 is 1.55 bits per heavy atom. The highest BCUT2D eigenvalue weighted by Crippen LogP contribution is 2.67. The van der Waals surface area contributed by atoms with Crippen molar-refractivity contribution in [1.29, 1.82) is 0 Å². The summed E-state index contributed by atoms with van der Waals surface area (Å²) in [4.78, 5) is 53.4. The van der Waals surface area contributed by atoms with Crippen LogP contribution in [0.3, 0.4) is 0 Å². The summed E-state index contributed by atoms with van der Waals surface area (Å²) in [5, 5.41) is 47.9. The lowest BCUT2D eigenvalue weighted by molar-refractivity contribution is -0.199. The molecule has 5 N–H and O–H groups in total. The van der Waals surface area contributed by atoms with Gasteiger partial charge in [-0.3, -0.25) is 19.4 Å². The van der Waals surface area contributed by atoms with Gasteiger partial charge >= 0.3 is 5.97 Å². The zero-order chi connectivity index (χ0) is 66.9. The van der Waals surface area contributed by atoms with E-state index in [0.29, 0.717) is 174 Å². The molecule has 3 fully saturated rings. The quantitative estimate of drug-likeness (QED) is 0.00369. The molecule has 2 saturated heterocycles. The first-order chi connectivity index (χ1) is 45.1. The topological polar surface area (TPSA) is 290 Å². The second kappa shape index (κ2) is 30.8. The number of piperidine rings is 1. The standard InChI is InChI=1S/C67H100N10O14SSi2/c1-10-64(81)39-47-40-66(61(80)84-5,56-50(17-23-76(43-47)45-64)49-15-11-12-16-53(49)73-56)52-37-51-54(38-55(52)83-4)75(3)58-65(51)19-24-77-22-13-18-63(2,57(65)77)59(78)67(58,82)60(79)69-20-14-36-93(6,7)91-94(8,9)46-92-62-70-41-48(42-71-62)44-90-35-34-89-33-32-88-31-30-87-29-28-86-27-26-85-25-21-72-74-68/h11-13,15-16,18,37-38,41-42,47,57-59,73,78,81-82H,10,14,17,19-36,39-40,43-46H2,1-9H3,(H,69,79)/t47-,57-,58+,59+,63+,64-,65+,66-,67-/m0/s1. The first-order valence-corrected chi connectivity index (χ1v) is 40.7. The number of aliphatic hydroxyl groups is 3. The zero-order valence-corrected chi connectivity index (χ0v) is 59.3. The monoisotopic (exact) mass is 1360 g/mol. The van der Waals surface area contributed by atoms with E-state index in [4.69, 9.17) is 47.5 Å². The smallest absolute Gasteiger partial charge is 0.322 e. The number of amides is 1. The lowest BCUT2D eigenvalue weighted by atomic mass is 9.48. The van der Waals surface area contributed by atoms with Gasteiger partial charge < -0.3 is 72.5 Å². The van der Waals surface area contributed by atoms with Gasteiger partial charge in [0.2, 0.25) is 0 Å². The van der Waals surface area contributed by atoms with E-state index in [0.717, 1.165) is 50.4 Å². The summed E-state index contributed by atoms with van der Waals surface area (Å²) < 4.78 is 52.8. The average molecular weight is 1360 g/mol. The first kappa shape index (κ1) is 71.7. The van der Waals surface area contributed by atoms with Gasteiger partial charge in [-0.15, -0.1) is 0 Å². The maximum absolute atomic E-state index is 15.6. The minimum atomic E-state index is -2.30. The number of ether oxygens (including phenoxy) is 8. The SMILES string of the molecule is CC[C@]1(O)C[C@@H]2C[N@@](CCc3c([nH]c4ccccc34)[C@@](C(=O)OC)(c3cc4c(cc3OC)N(C)[C@H]3[C@@](O)(C(=O)NCCC[Si](C)(C)O[Si](C)(C)CSc5ncc(COCCOCCOCCOCCOCCOCCN=[N+]=[N-])cn5)[C@H](O)[C@]5(C)C=CCN6CC[C@]43[C@@H]65)C2)C1. The molecule has 10 rings (SSSR count). The molecule has 7 heterocycles. The number of azide groups is 1. The number of para-hydroxylation sites is 1. The minimum absolute atomic E-state index is 0.115. The molecule has 94 heavy (non-hydrogen) atoms. The molecule has 24 nitrogen and oxygen atoms in total. The molecule has 5 aliphatic heterocycles. The van der Waals surface area contributed by atoms with Crippen LogP contribution in [-0.4, -0.2) is 243 Å². The molecule has 1 spiro atoms. The Balaban J connectivity index is 0.756. The zero-order valence-electron chi connectivity index (χ0n) is 56.5. The number of rotatable bonds is 34. The molecule has 1 aliphatic carbocycles. The minimum Gasteiger partial charge on any atom is -0.496 e.